The van der Waals surface area contributed by atoms with E-state index in [0.717, 1.165) is 12.8 Å². The first kappa shape index (κ1) is 17.3. The molecule has 0 radical (unpaired) electrons. The Bertz CT molecular complexity index is 754. The summed E-state index contributed by atoms with van der Waals surface area (Å²) in [5, 5.41) is 0.542. The molecule has 3 atom stereocenters. The summed E-state index contributed by atoms with van der Waals surface area (Å²) in [6.45, 7) is 1.65. The molecule has 138 valence electrons. The molecule has 3 saturated heterocycles. The van der Waals surface area contributed by atoms with E-state index >= 15 is 0 Å². The molecule has 0 N–H and O–H groups in total. The summed E-state index contributed by atoms with van der Waals surface area (Å²) in [7, 11) is 1.74. The lowest BCUT2D eigenvalue weighted by atomic mass is 10.0. The van der Waals surface area contributed by atoms with Crippen LogP contribution in [-0.4, -0.2) is 71.2 Å². The molecule has 1 aromatic rings. The molecule has 7 heteroatoms. The predicted octanol–water partition coefficient (Wildman–Crippen LogP) is 1.63. The van der Waals surface area contributed by atoms with E-state index in [-0.39, 0.29) is 29.8 Å². The highest BCUT2D eigenvalue weighted by Crippen LogP contribution is 2.33. The van der Waals surface area contributed by atoms with Gasteiger partial charge in [-0.1, -0.05) is 17.7 Å². The van der Waals surface area contributed by atoms with Crippen molar-refractivity contribution in [3.63, 3.8) is 0 Å². The molecular weight excluding hydrogens is 354 g/mol. The second-order valence-corrected chi connectivity index (χ2v) is 7.89. The Morgan fingerprint density at radius 3 is 2.38 bits per heavy atom. The number of likely N-dealkylation sites (tertiary alicyclic amines) is 2. The van der Waals surface area contributed by atoms with Crippen LogP contribution < -0.4 is 0 Å². The zero-order valence-corrected chi connectivity index (χ0v) is 15.5. The van der Waals surface area contributed by atoms with Gasteiger partial charge in [0.25, 0.3) is 5.91 Å². The van der Waals surface area contributed by atoms with Gasteiger partial charge in [0.2, 0.25) is 11.8 Å². The molecule has 3 aliphatic rings. The SMILES string of the molecule is CN1CCC(C(=O)N2CC3CCC(C2)N3C(=O)c2cccc(Cl)c2)C1=O. The molecule has 3 heterocycles. The van der Waals surface area contributed by atoms with Crippen LogP contribution in [0.5, 0.6) is 0 Å². The molecule has 6 nitrogen and oxygen atoms in total. The maximum atomic E-state index is 12.9. The lowest BCUT2D eigenvalue weighted by Crippen LogP contribution is -2.58. The van der Waals surface area contributed by atoms with Gasteiger partial charge >= 0.3 is 0 Å². The van der Waals surface area contributed by atoms with Crippen molar-refractivity contribution in [3.8, 4) is 0 Å². The summed E-state index contributed by atoms with van der Waals surface area (Å²) in [4.78, 5) is 43.3. The van der Waals surface area contributed by atoms with Gasteiger partial charge in [0.1, 0.15) is 5.92 Å². The van der Waals surface area contributed by atoms with Crippen LogP contribution in [-0.2, 0) is 9.59 Å². The standard InChI is InChI=1S/C19H22ClN3O3/c1-21-8-7-16(18(21)25)19(26)22-10-14-5-6-15(11-22)23(14)17(24)12-3-2-4-13(20)9-12/h2-4,9,14-16H,5-8,10-11H2,1H3. The lowest BCUT2D eigenvalue weighted by molar-refractivity contribution is -0.144. The number of carbonyl (C=O) groups is 3. The molecule has 0 spiro atoms. The number of piperazine rings is 1. The smallest absolute Gasteiger partial charge is 0.254 e. The van der Waals surface area contributed by atoms with Crippen LogP contribution in [0, 0.1) is 5.92 Å². The number of hydrogen-bond acceptors (Lipinski definition) is 3. The van der Waals surface area contributed by atoms with E-state index in [2.05, 4.69) is 0 Å². The van der Waals surface area contributed by atoms with Crippen molar-refractivity contribution in [2.75, 3.05) is 26.7 Å². The van der Waals surface area contributed by atoms with Crippen LogP contribution in [0.25, 0.3) is 0 Å². The molecule has 0 aromatic heterocycles. The summed E-state index contributed by atoms with van der Waals surface area (Å²) < 4.78 is 0. The second kappa shape index (κ2) is 6.58. The third-order valence-corrected chi connectivity index (χ3v) is 6.06. The predicted molar refractivity (Wildman–Crippen MR) is 96.8 cm³/mol. The first-order valence-electron chi connectivity index (χ1n) is 9.07. The molecule has 3 amide bonds. The van der Waals surface area contributed by atoms with Crippen molar-refractivity contribution in [1.29, 1.82) is 0 Å². The molecule has 1 aromatic carbocycles. The fourth-order valence-corrected chi connectivity index (χ4v) is 4.65. The maximum absolute atomic E-state index is 12.9. The average Bonchev–Trinajstić information content (AvgIpc) is 3.09. The summed E-state index contributed by atoms with van der Waals surface area (Å²) >= 11 is 6.02. The topological polar surface area (TPSA) is 60.9 Å². The van der Waals surface area contributed by atoms with Gasteiger partial charge in [-0.15, -0.1) is 0 Å². The van der Waals surface area contributed by atoms with Gasteiger partial charge in [-0.2, -0.15) is 0 Å². The van der Waals surface area contributed by atoms with Crippen molar-refractivity contribution >= 4 is 29.3 Å². The molecule has 3 unspecified atom stereocenters. The second-order valence-electron chi connectivity index (χ2n) is 7.45. The maximum Gasteiger partial charge on any atom is 0.254 e. The molecule has 4 rings (SSSR count). The average molecular weight is 376 g/mol. The summed E-state index contributed by atoms with van der Waals surface area (Å²) in [5.41, 5.74) is 0.585. The summed E-state index contributed by atoms with van der Waals surface area (Å²) in [5.74, 6) is -0.732. The first-order chi connectivity index (χ1) is 12.5. The minimum atomic E-state index is -0.547. The van der Waals surface area contributed by atoms with Crippen molar-refractivity contribution in [3.05, 3.63) is 34.9 Å². The van der Waals surface area contributed by atoms with Crippen molar-refractivity contribution in [2.45, 2.75) is 31.3 Å². The van der Waals surface area contributed by atoms with Crippen molar-refractivity contribution in [2.24, 2.45) is 5.92 Å². The number of carbonyl (C=O) groups excluding carboxylic acids is 3. The van der Waals surface area contributed by atoms with E-state index in [9.17, 15) is 14.4 Å². The highest BCUT2D eigenvalue weighted by Gasteiger charge is 2.46. The highest BCUT2D eigenvalue weighted by molar-refractivity contribution is 6.31. The van der Waals surface area contributed by atoms with Crippen LogP contribution >= 0.6 is 11.6 Å². The van der Waals surface area contributed by atoms with Crippen molar-refractivity contribution < 1.29 is 14.4 Å². The van der Waals surface area contributed by atoms with E-state index in [1.807, 2.05) is 4.90 Å². The highest BCUT2D eigenvalue weighted by atomic mass is 35.5. The Morgan fingerprint density at radius 1 is 1.12 bits per heavy atom. The van der Waals surface area contributed by atoms with Crippen LogP contribution in [0.1, 0.15) is 29.6 Å². The third kappa shape index (κ3) is 2.86. The first-order valence-corrected chi connectivity index (χ1v) is 9.45. The number of rotatable bonds is 2. The quantitative estimate of drug-likeness (QED) is 0.738. The lowest BCUT2D eigenvalue weighted by Gasteiger charge is -2.41. The number of fused-ring (bicyclic) bond motifs is 2. The zero-order valence-electron chi connectivity index (χ0n) is 14.7. The molecule has 0 saturated carbocycles. The minimum absolute atomic E-state index is 0.0124. The third-order valence-electron chi connectivity index (χ3n) is 5.83. The summed E-state index contributed by atoms with van der Waals surface area (Å²) in [6, 6.07) is 7.02. The normalized spacial score (nSPS) is 28.0. The van der Waals surface area contributed by atoms with Gasteiger partial charge in [-0.3, -0.25) is 14.4 Å². The fourth-order valence-electron chi connectivity index (χ4n) is 4.46. The monoisotopic (exact) mass is 375 g/mol. The van der Waals surface area contributed by atoms with Crippen LogP contribution in [0.4, 0.5) is 0 Å². The zero-order chi connectivity index (χ0) is 18.4. The minimum Gasteiger partial charge on any atom is -0.345 e. The Labute approximate surface area is 157 Å². The van der Waals surface area contributed by atoms with Crippen LogP contribution in [0.3, 0.4) is 0 Å². The largest absolute Gasteiger partial charge is 0.345 e. The molecule has 2 bridgehead atoms. The van der Waals surface area contributed by atoms with Crippen LogP contribution in [0.15, 0.2) is 24.3 Å². The van der Waals surface area contributed by atoms with Gasteiger partial charge < -0.3 is 14.7 Å². The number of hydrogen-bond donors (Lipinski definition) is 0. The Morgan fingerprint density at radius 2 is 1.81 bits per heavy atom. The van der Waals surface area contributed by atoms with E-state index in [4.69, 9.17) is 11.6 Å². The van der Waals surface area contributed by atoms with Crippen molar-refractivity contribution in [1.82, 2.24) is 14.7 Å². The van der Waals surface area contributed by atoms with E-state index in [1.54, 1.807) is 41.1 Å². The van der Waals surface area contributed by atoms with E-state index < -0.39 is 5.92 Å². The van der Waals surface area contributed by atoms with Gasteiger partial charge in [0.05, 0.1) is 12.1 Å². The number of halogens is 1. The number of benzene rings is 1. The number of nitrogens with zero attached hydrogens (tertiary/aromatic N) is 3. The molecule has 3 fully saturated rings. The number of amides is 3. The molecular formula is C19H22ClN3O3. The van der Waals surface area contributed by atoms with E-state index in [0.29, 0.717) is 36.6 Å². The van der Waals surface area contributed by atoms with Gasteiger partial charge in [-0.05, 0) is 37.5 Å². The van der Waals surface area contributed by atoms with Gasteiger partial charge in [0, 0.05) is 37.3 Å². The van der Waals surface area contributed by atoms with E-state index in [1.165, 1.54) is 0 Å². The Kier molecular flexibility index (Phi) is 4.39. The van der Waals surface area contributed by atoms with Crippen LogP contribution in [0.2, 0.25) is 5.02 Å². The summed E-state index contributed by atoms with van der Waals surface area (Å²) in [6.07, 6.45) is 2.36. The fraction of sp³-hybridized carbons (Fsp3) is 0.526. The van der Waals surface area contributed by atoms with Gasteiger partial charge in [0.15, 0.2) is 0 Å². The Balaban J connectivity index is 1.48. The Hall–Kier alpha value is -2.08. The molecule has 3 aliphatic heterocycles. The molecule has 0 aliphatic carbocycles. The molecule has 26 heavy (non-hydrogen) atoms. The van der Waals surface area contributed by atoms with Gasteiger partial charge in [-0.25, -0.2) is 0 Å².